The van der Waals surface area contributed by atoms with Gasteiger partial charge < -0.3 is 10.5 Å². The van der Waals surface area contributed by atoms with Crippen molar-refractivity contribution in [2.75, 3.05) is 7.11 Å². The van der Waals surface area contributed by atoms with Gasteiger partial charge in [-0.3, -0.25) is 0 Å². The Labute approximate surface area is 119 Å². The molecular weight excluding hydrogens is 254 g/mol. The summed E-state index contributed by atoms with van der Waals surface area (Å²) < 4.78 is 5.19. The van der Waals surface area contributed by atoms with Crippen molar-refractivity contribution in [2.45, 2.75) is 23.1 Å². The SMILES string of the molecule is COc1ccc(C(Sc2ccccc2)C(C)N)cc1. The second-order valence-corrected chi connectivity index (χ2v) is 5.70. The van der Waals surface area contributed by atoms with Gasteiger partial charge in [-0.05, 0) is 36.8 Å². The molecule has 0 amide bonds. The monoisotopic (exact) mass is 273 g/mol. The molecule has 19 heavy (non-hydrogen) atoms. The van der Waals surface area contributed by atoms with Gasteiger partial charge in [0, 0.05) is 16.2 Å². The van der Waals surface area contributed by atoms with Crippen molar-refractivity contribution in [3.8, 4) is 5.75 Å². The molecule has 0 spiro atoms. The maximum Gasteiger partial charge on any atom is 0.118 e. The van der Waals surface area contributed by atoms with Crippen molar-refractivity contribution in [1.82, 2.24) is 0 Å². The highest BCUT2D eigenvalue weighted by molar-refractivity contribution is 7.99. The number of nitrogens with two attached hydrogens (primary N) is 1. The number of thioether (sulfide) groups is 1. The molecule has 2 aromatic carbocycles. The van der Waals surface area contributed by atoms with Crippen LogP contribution in [0.3, 0.4) is 0 Å². The second-order valence-electron chi connectivity index (χ2n) is 4.48. The van der Waals surface area contributed by atoms with Gasteiger partial charge in [0.25, 0.3) is 0 Å². The highest BCUT2D eigenvalue weighted by Crippen LogP contribution is 2.37. The van der Waals surface area contributed by atoms with E-state index in [-0.39, 0.29) is 11.3 Å². The molecule has 0 saturated heterocycles. The molecule has 0 aliphatic heterocycles. The van der Waals surface area contributed by atoms with Crippen molar-refractivity contribution >= 4 is 11.8 Å². The number of ether oxygens (including phenoxy) is 1. The Kier molecular flexibility index (Phi) is 4.88. The predicted molar refractivity (Wildman–Crippen MR) is 81.7 cm³/mol. The molecule has 0 saturated carbocycles. The van der Waals surface area contributed by atoms with E-state index in [1.165, 1.54) is 10.5 Å². The zero-order valence-corrected chi connectivity index (χ0v) is 12.1. The van der Waals surface area contributed by atoms with Crippen molar-refractivity contribution < 1.29 is 4.74 Å². The van der Waals surface area contributed by atoms with Crippen LogP contribution in [0.5, 0.6) is 5.75 Å². The molecule has 0 aromatic heterocycles. The Balaban J connectivity index is 2.19. The van der Waals surface area contributed by atoms with Gasteiger partial charge >= 0.3 is 0 Å². The first-order valence-electron chi connectivity index (χ1n) is 6.32. The number of benzene rings is 2. The van der Waals surface area contributed by atoms with Crippen LogP contribution in [0.15, 0.2) is 59.5 Å². The van der Waals surface area contributed by atoms with Crippen LogP contribution in [-0.4, -0.2) is 13.2 Å². The maximum absolute atomic E-state index is 6.13. The molecule has 2 atom stereocenters. The fraction of sp³-hybridized carbons (Fsp3) is 0.250. The second kappa shape index (κ2) is 6.64. The lowest BCUT2D eigenvalue weighted by atomic mass is 10.1. The van der Waals surface area contributed by atoms with Gasteiger partial charge in [0.15, 0.2) is 0 Å². The quantitative estimate of drug-likeness (QED) is 0.840. The molecule has 100 valence electrons. The summed E-state index contributed by atoms with van der Waals surface area (Å²) in [5.41, 5.74) is 7.36. The van der Waals surface area contributed by atoms with Crippen molar-refractivity contribution in [3.05, 3.63) is 60.2 Å². The maximum atomic E-state index is 6.13. The Morgan fingerprint density at radius 2 is 1.63 bits per heavy atom. The standard InChI is InChI=1S/C16H19NOS/c1-12(17)16(19-15-6-4-3-5-7-15)13-8-10-14(18-2)11-9-13/h3-12,16H,17H2,1-2H3. The first-order chi connectivity index (χ1) is 9.20. The smallest absolute Gasteiger partial charge is 0.118 e. The van der Waals surface area contributed by atoms with E-state index in [2.05, 4.69) is 36.4 Å². The van der Waals surface area contributed by atoms with E-state index in [0.29, 0.717) is 0 Å². The molecule has 3 heteroatoms. The molecule has 2 unspecified atom stereocenters. The Hall–Kier alpha value is -1.45. The highest BCUT2D eigenvalue weighted by atomic mass is 32.2. The average Bonchev–Trinajstić information content (AvgIpc) is 2.46. The van der Waals surface area contributed by atoms with Gasteiger partial charge in [0.05, 0.1) is 7.11 Å². The summed E-state index contributed by atoms with van der Waals surface area (Å²) in [7, 11) is 1.68. The number of rotatable bonds is 5. The lowest BCUT2D eigenvalue weighted by Crippen LogP contribution is -2.22. The van der Waals surface area contributed by atoms with Crippen LogP contribution in [-0.2, 0) is 0 Å². The molecule has 0 bridgehead atoms. The summed E-state index contributed by atoms with van der Waals surface area (Å²) in [6.45, 7) is 2.05. The van der Waals surface area contributed by atoms with E-state index in [1.54, 1.807) is 18.9 Å². The molecule has 0 aliphatic rings. The van der Waals surface area contributed by atoms with Crippen molar-refractivity contribution in [1.29, 1.82) is 0 Å². The minimum atomic E-state index is 0.0820. The third-order valence-electron chi connectivity index (χ3n) is 2.93. The minimum absolute atomic E-state index is 0.0820. The fourth-order valence-electron chi connectivity index (χ4n) is 1.92. The molecule has 0 aliphatic carbocycles. The summed E-state index contributed by atoms with van der Waals surface area (Å²) in [5, 5.41) is 0.244. The van der Waals surface area contributed by atoms with Crippen LogP contribution < -0.4 is 10.5 Å². The third kappa shape index (κ3) is 3.75. The van der Waals surface area contributed by atoms with Gasteiger partial charge in [-0.2, -0.15) is 0 Å². The molecule has 2 aromatic rings. The van der Waals surface area contributed by atoms with E-state index in [1.807, 2.05) is 25.1 Å². The topological polar surface area (TPSA) is 35.2 Å². The lowest BCUT2D eigenvalue weighted by Gasteiger charge is -2.21. The first-order valence-corrected chi connectivity index (χ1v) is 7.20. The Bertz CT molecular complexity index is 496. The summed E-state index contributed by atoms with van der Waals surface area (Å²) in [6, 6.07) is 18.6. The highest BCUT2D eigenvalue weighted by Gasteiger charge is 2.17. The zero-order chi connectivity index (χ0) is 13.7. The van der Waals surface area contributed by atoms with E-state index in [0.717, 1.165) is 5.75 Å². The summed E-state index contributed by atoms with van der Waals surface area (Å²) in [4.78, 5) is 1.24. The van der Waals surface area contributed by atoms with Crippen molar-refractivity contribution in [3.63, 3.8) is 0 Å². The van der Waals surface area contributed by atoms with Gasteiger partial charge in [-0.15, -0.1) is 11.8 Å². The Morgan fingerprint density at radius 3 is 2.16 bits per heavy atom. The van der Waals surface area contributed by atoms with E-state index < -0.39 is 0 Å². The van der Waals surface area contributed by atoms with Gasteiger partial charge in [-0.25, -0.2) is 0 Å². The van der Waals surface area contributed by atoms with Crippen LogP contribution >= 0.6 is 11.8 Å². The zero-order valence-electron chi connectivity index (χ0n) is 11.2. The molecule has 0 heterocycles. The molecule has 0 fully saturated rings. The van der Waals surface area contributed by atoms with E-state index >= 15 is 0 Å². The Morgan fingerprint density at radius 1 is 1.00 bits per heavy atom. The van der Waals surface area contributed by atoms with Crippen LogP contribution in [0.25, 0.3) is 0 Å². The minimum Gasteiger partial charge on any atom is -0.497 e. The van der Waals surface area contributed by atoms with Crippen LogP contribution in [0, 0.1) is 0 Å². The summed E-state index contributed by atoms with van der Waals surface area (Å²) >= 11 is 1.80. The average molecular weight is 273 g/mol. The van der Waals surface area contributed by atoms with Crippen LogP contribution in [0.2, 0.25) is 0 Å². The summed E-state index contributed by atoms with van der Waals surface area (Å²) in [5.74, 6) is 0.872. The first kappa shape index (κ1) is 14.0. The van der Waals surface area contributed by atoms with Crippen LogP contribution in [0.1, 0.15) is 17.7 Å². The fourth-order valence-corrected chi connectivity index (χ4v) is 3.03. The molecule has 2 N–H and O–H groups in total. The van der Waals surface area contributed by atoms with Gasteiger partial charge in [0.1, 0.15) is 5.75 Å². The summed E-state index contributed by atoms with van der Waals surface area (Å²) in [6.07, 6.45) is 0. The third-order valence-corrected chi connectivity index (χ3v) is 4.43. The normalized spacial score (nSPS) is 13.8. The molecule has 2 nitrogen and oxygen atoms in total. The van der Waals surface area contributed by atoms with Gasteiger partial charge in [0.2, 0.25) is 0 Å². The number of hydrogen-bond donors (Lipinski definition) is 1. The van der Waals surface area contributed by atoms with E-state index in [4.69, 9.17) is 10.5 Å². The predicted octanol–water partition coefficient (Wildman–Crippen LogP) is 3.88. The van der Waals surface area contributed by atoms with Crippen LogP contribution in [0.4, 0.5) is 0 Å². The lowest BCUT2D eigenvalue weighted by molar-refractivity contribution is 0.414. The molecule has 0 radical (unpaired) electrons. The van der Waals surface area contributed by atoms with Gasteiger partial charge in [-0.1, -0.05) is 30.3 Å². The molecule has 2 rings (SSSR count). The largest absolute Gasteiger partial charge is 0.497 e. The van der Waals surface area contributed by atoms with Crippen molar-refractivity contribution in [2.24, 2.45) is 5.73 Å². The molecular formula is C16H19NOS. The number of hydrogen-bond acceptors (Lipinski definition) is 3. The number of methoxy groups -OCH3 is 1. The van der Waals surface area contributed by atoms with E-state index in [9.17, 15) is 0 Å².